The zero-order valence-corrected chi connectivity index (χ0v) is 8.65. The number of carboxylic acids is 1. The topological polar surface area (TPSA) is 37.3 Å². The first-order valence-corrected chi connectivity index (χ1v) is 4.87. The lowest BCUT2D eigenvalue weighted by Gasteiger charge is -2.03. The molecule has 0 radical (unpaired) electrons. The minimum atomic E-state index is -1.33. The summed E-state index contributed by atoms with van der Waals surface area (Å²) in [5, 5.41) is 8.67. The lowest BCUT2D eigenvalue weighted by atomic mass is 10.0. The number of halogens is 2. The molecule has 0 aromatic heterocycles. The molecule has 1 N–H and O–H groups in total. The number of rotatable bonds is 2. The van der Waals surface area contributed by atoms with Crippen molar-refractivity contribution in [3.8, 4) is 11.1 Å². The summed E-state index contributed by atoms with van der Waals surface area (Å²) >= 11 is 0. The quantitative estimate of drug-likeness (QED) is 0.865. The van der Waals surface area contributed by atoms with E-state index in [4.69, 9.17) is 5.11 Å². The first-order chi connectivity index (χ1) is 8.08. The molecule has 0 spiro atoms. The molecule has 0 aliphatic heterocycles. The normalized spacial score (nSPS) is 10.2. The van der Waals surface area contributed by atoms with Crippen molar-refractivity contribution >= 4 is 5.97 Å². The van der Waals surface area contributed by atoms with Gasteiger partial charge in [-0.05, 0) is 35.4 Å². The largest absolute Gasteiger partial charge is 0.478 e. The average Bonchev–Trinajstić information content (AvgIpc) is 2.28. The highest BCUT2D eigenvalue weighted by Gasteiger charge is 2.11. The molecule has 17 heavy (non-hydrogen) atoms. The molecule has 2 aromatic rings. The number of hydrogen-bond acceptors (Lipinski definition) is 1. The standard InChI is InChI=1S/C13H8F2O2/c14-10-3-1-2-8(6-10)9-4-5-11(13(16)17)12(15)7-9/h1-7H,(H,16,17). The maximum absolute atomic E-state index is 13.4. The van der Waals surface area contributed by atoms with Gasteiger partial charge in [0.2, 0.25) is 0 Å². The Balaban J connectivity index is 2.48. The van der Waals surface area contributed by atoms with Gasteiger partial charge >= 0.3 is 5.97 Å². The van der Waals surface area contributed by atoms with Gasteiger partial charge < -0.3 is 5.11 Å². The second-order valence-corrected chi connectivity index (χ2v) is 3.51. The van der Waals surface area contributed by atoms with Gasteiger partial charge in [0.15, 0.2) is 0 Å². The van der Waals surface area contributed by atoms with Crippen molar-refractivity contribution in [1.82, 2.24) is 0 Å². The minimum absolute atomic E-state index is 0.398. The van der Waals surface area contributed by atoms with E-state index < -0.39 is 23.2 Å². The van der Waals surface area contributed by atoms with Crippen molar-refractivity contribution in [3.05, 3.63) is 59.7 Å². The Morgan fingerprint density at radius 3 is 2.29 bits per heavy atom. The number of carbonyl (C=O) groups is 1. The summed E-state index contributed by atoms with van der Waals surface area (Å²) in [6.45, 7) is 0. The fourth-order valence-electron chi connectivity index (χ4n) is 1.54. The molecular formula is C13H8F2O2. The molecule has 0 saturated heterocycles. The van der Waals surface area contributed by atoms with Crippen molar-refractivity contribution in [2.75, 3.05) is 0 Å². The van der Waals surface area contributed by atoms with Crippen LogP contribution in [0.15, 0.2) is 42.5 Å². The van der Waals surface area contributed by atoms with Crippen LogP contribution in [0, 0.1) is 11.6 Å². The molecule has 2 nitrogen and oxygen atoms in total. The minimum Gasteiger partial charge on any atom is -0.478 e. The maximum atomic E-state index is 13.4. The molecule has 2 aromatic carbocycles. The predicted octanol–water partition coefficient (Wildman–Crippen LogP) is 3.33. The molecule has 0 amide bonds. The van der Waals surface area contributed by atoms with Gasteiger partial charge in [-0.2, -0.15) is 0 Å². The van der Waals surface area contributed by atoms with E-state index in [0.717, 1.165) is 12.1 Å². The third-order valence-electron chi connectivity index (χ3n) is 2.36. The van der Waals surface area contributed by atoms with Gasteiger partial charge in [0, 0.05) is 0 Å². The molecule has 0 saturated carbocycles. The summed E-state index contributed by atoms with van der Waals surface area (Å²) in [5.74, 6) is -2.59. The van der Waals surface area contributed by atoms with Crippen molar-refractivity contribution in [1.29, 1.82) is 0 Å². The molecule has 0 unspecified atom stereocenters. The Morgan fingerprint density at radius 1 is 1.00 bits per heavy atom. The monoisotopic (exact) mass is 234 g/mol. The fraction of sp³-hybridized carbons (Fsp3) is 0. The van der Waals surface area contributed by atoms with E-state index in [0.29, 0.717) is 11.1 Å². The average molecular weight is 234 g/mol. The van der Waals surface area contributed by atoms with Crippen LogP contribution < -0.4 is 0 Å². The van der Waals surface area contributed by atoms with E-state index in [1.54, 1.807) is 6.07 Å². The number of carboxylic acid groups (broad SMARTS) is 1. The van der Waals surface area contributed by atoms with Crippen molar-refractivity contribution in [2.45, 2.75) is 0 Å². The van der Waals surface area contributed by atoms with E-state index in [-0.39, 0.29) is 0 Å². The van der Waals surface area contributed by atoms with Gasteiger partial charge in [-0.1, -0.05) is 18.2 Å². The van der Waals surface area contributed by atoms with E-state index in [1.807, 2.05) is 0 Å². The van der Waals surface area contributed by atoms with E-state index in [2.05, 4.69) is 0 Å². The van der Waals surface area contributed by atoms with Gasteiger partial charge in [-0.25, -0.2) is 13.6 Å². The smallest absolute Gasteiger partial charge is 0.338 e. The maximum Gasteiger partial charge on any atom is 0.338 e. The Morgan fingerprint density at radius 2 is 1.71 bits per heavy atom. The third-order valence-corrected chi connectivity index (χ3v) is 2.36. The van der Waals surface area contributed by atoms with Crippen LogP contribution in [-0.4, -0.2) is 11.1 Å². The zero-order chi connectivity index (χ0) is 12.4. The summed E-state index contributed by atoms with van der Waals surface area (Å²) in [6.07, 6.45) is 0. The summed E-state index contributed by atoms with van der Waals surface area (Å²) < 4.78 is 26.4. The van der Waals surface area contributed by atoms with Gasteiger partial charge in [0.1, 0.15) is 11.6 Å². The van der Waals surface area contributed by atoms with Crippen LogP contribution >= 0.6 is 0 Å². The second-order valence-electron chi connectivity index (χ2n) is 3.51. The summed E-state index contributed by atoms with van der Waals surface area (Å²) in [5.41, 5.74) is 0.540. The highest BCUT2D eigenvalue weighted by Crippen LogP contribution is 2.22. The Bertz CT molecular complexity index is 579. The van der Waals surface area contributed by atoms with Crippen LogP contribution in [0.2, 0.25) is 0 Å². The first kappa shape index (κ1) is 11.3. The van der Waals surface area contributed by atoms with Crippen LogP contribution in [0.25, 0.3) is 11.1 Å². The molecule has 2 rings (SSSR count). The Kier molecular flexibility index (Phi) is 2.87. The number of benzene rings is 2. The molecule has 0 atom stereocenters. The van der Waals surface area contributed by atoms with Crippen LogP contribution in [0.1, 0.15) is 10.4 Å². The third kappa shape index (κ3) is 2.30. The van der Waals surface area contributed by atoms with Gasteiger partial charge in [-0.3, -0.25) is 0 Å². The van der Waals surface area contributed by atoms with Gasteiger partial charge in [0.05, 0.1) is 5.56 Å². The number of aromatic carboxylic acids is 1. The first-order valence-electron chi connectivity index (χ1n) is 4.87. The Labute approximate surface area is 96.1 Å². The van der Waals surface area contributed by atoms with E-state index in [9.17, 15) is 13.6 Å². The SMILES string of the molecule is O=C(O)c1ccc(-c2cccc(F)c2)cc1F. The summed E-state index contributed by atoms with van der Waals surface area (Å²) in [6, 6.07) is 9.37. The molecule has 0 fully saturated rings. The summed E-state index contributed by atoms with van der Waals surface area (Å²) in [4.78, 5) is 10.6. The predicted molar refractivity (Wildman–Crippen MR) is 58.8 cm³/mol. The van der Waals surface area contributed by atoms with Crippen LogP contribution in [0.4, 0.5) is 8.78 Å². The molecule has 0 aliphatic carbocycles. The lowest BCUT2D eigenvalue weighted by Crippen LogP contribution is -2.00. The molecule has 4 heteroatoms. The van der Waals surface area contributed by atoms with Crippen LogP contribution in [-0.2, 0) is 0 Å². The van der Waals surface area contributed by atoms with E-state index in [1.165, 1.54) is 24.3 Å². The molecule has 0 bridgehead atoms. The fourth-order valence-corrected chi connectivity index (χ4v) is 1.54. The van der Waals surface area contributed by atoms with Crippen molar-refractivity contribution < 1.29 is 18.7 Å². The molecule has 0 aliphatic rings. The molecule has 86 valence electrons. The van der Waals surface area contributed by atoms with E-state index >= 15 is 0 Å². The second kappa shape index (κ2) is 4.33. The van der Waals surface area contributed by atoms with Crippen LogP contribution in [0.3, 0.4) is 0 Å². The molecule has 0 heterocycles. The Hall–Kier alpha value is -2.23. The summed E-state index contributed by atoms with van der Waals surface area (Å²) in [7, 11) is 0. The zero-order valence-electron chi connectivity index (χ0n) is 8.65. The van der Waals surface area contributed by atoms with Gasteiger partial charge in [-0.15, -0.1) is 0 Å². The van der Waals surface area contributed by atoms with Crippen molar-refractivity contribution in [2.24, 2.45) is 0 Å². The highest BCUT2D eigenvalue weighted by atomic mass is 19.1. The van der Waals surface area contributed by atoms with Crippen molar-refractivity contribution in [3.63, 3.8) is 0 Å². The van der Waals surface area contributed by atoms with Gasteiger partial charge in [0.25, 0.3) is 0 Å². The highest BCUT2D eigenvalue weighted by molar-refractivity contribution is 5.88. The number of hydrogen-bond donors (Lipinski definition) is 1. The van der Waals surface area contributed by atoms with Crippen LogP contribution in [0.5, 0.6) is 0 Å². The molecular weight excluding hydrogens is 226 g/mol. The lowest BCUT2D eigenvalue weighted by molar-refractivity contribution is 0.0692.